The second kappa shape index (κ2) is 7.62. The predicted molar refractivity (Wildman–Crippen MR) is 84.0 cm³/mol. The number of benzene rings is 1. The molecule has 0 aliphatic rings. The molecule has 4 nitrogen and oxygen atoms in total. The Kier molecular flexibility index (Phi) is 6.15. The zero-order valence-corrected chi connectivity index (χ0v) is 13.0. The number of hydrogen-bond acceptors (Lipinski definition) is 2. The van der Waals surface area contributed by atoms with Crippen molar-refractivity contribution in [1.82, 2.24) is 5.32 Å². The number of nitrogens with one attached hydrogen (secondary N) is 1. The van der Waals surface area contributed by atoms with Crippen LogP contribution < -0.4 is 5.32 Å². The van der Waals surface area contributed by atoms with E-state index >= 15 is 0 Å². The highest BCUT2D eigenvalue weighted by Gasteiger charge is 2.22. The van der Waals surface area contributed by atoms with Crippen LogP contribution in [0.1, 0.15) is 44.7 Å². The third-order valence-electron chi connectivity index (χ3n) is 3.26. The lowest BCUT2D eigenvalue weighted by molar-refractivity contribution is -0.142. The smallest absolute Gasteiger partial charge is 0.326 e. The second-order valence-corrected chi connectivity index (χ2v) is 5.72. The van der Waals surface area contributed by atoms with Crippen molar-refractivity contribution < 1.29 is 14.7 Å². The molecule has 0 saturated carbocycles. The maximum absolute atomic E-state index is 11.7. The average molecular weight is 289 g/mol. The molecule has 2 N–H and O–H groups in total. The molecule has 0 radical (unpaired) electrons. The van der Waals surface area contributed by atoms with Gasteiger partial charge in [-0.25, -0.2) is 4.79 Å². The van der Waals surface area contributed by atoms with Crippen molar-refractivity contribution in [3.05, 3.63) is 41.5 Å². The van der Waals surface area contributed by atoms with Crippen LogP contribution in [0.25, 0.3) is 6.08 Å². The van der Waals surface area contributed by atoms with Gasteiger partial charge in [0.2, 0.25) is 5.91 Å². The molecule has 0 heterocycles. The summed E-state index contributed by atoms with van der Waals surface area (Å²) >= 11 is 0. The highest BCUT2D eigenvalue weighted by molar-refractivity contribution is 5.94. The lowest BCUT2D eigenvalue weighted by Gasteiger charge is -2.16. The van der Waals surface area contributed by atoms with Gasteiger partial charge < -0.3 is 10.4 Å². The van der Waals surface area contributed by atoms with Crippen molar-refractivity contribution in [2.75, 3.05) is 0 Å². The van der Waals surface area contributed by atoms with Gasteiger partial charge in [0.15, 0.2) is 0 Å². The fourth-order valence-electron chi connectivity index (χ4n) is 1.88. The van der Waals surface area contributed by atoms with E-state index < -0.39 is 17.9 Å². The molecule has 0 bridgehead atoms. The maximum Gasteiger partial charge on any atom is 0.326 e. The fraction of sp³-hybridized carbons (Fsp3) is 0.412. The fourth-order valence-corrected chi connectivity index (χ4v) is 1.88. The minimum Gasteiger partial charge on any atom is -0.480 e. The molecule has 4 heteroatoms. The third kappa shape index (κ3) is 5.42. The summed E-state index contributed by atoms with van der Waals surface area (Å²) in [5, 5.41) is 11.5. The summed E-state index contributed by atoms with van der Waals surface area (Å²) in [4.78, 5) is 22.8. The molecule has 0 aliphatic carbocycles. The Morgan fingerprint density at radius 1 is 1.10 bits per heavy atom. The Morgan fingerprint density at radius 3 is 2.10 bits per heavy atom. The van der Waals surface area contributed by atoms with Crippen LogP contribution in [0.2, 0.25) is 0 Å². The van der Waals surface area contributed by atoms with Gasteiger partial charge in [0, 0.05) is 6.08 Å². The molecule has 0 aromatic heterocycles. The molecular formula is C17H23NO3. The maximum atomic E-state index is 11.7. The molecule has 1 aromatic rings. The molecule has 0 spiro atoms. The molecule has 0 unspecified atom stereocenters. The Labute approximate surface area is 125 Å². The van der Waals surface area contributed by atoms with Crippen LogP contribution in [0.15, 0.2) is 30.3 Å². The monoisotopic (exact) mass is 289 g/mol. The SMILES string of the molecule is CC(C)c1ccc(/C=C/C(=O)N[C@@H](C(=O)O)C(C)C)cc1. The summed E-state index contributed by atoms with van der Waals surface area (Å²) in [6.07, 6.45) is 3.04. The van der Waals surface area contributed by atoms with Crippen molar-refractivity contribution >= 4 is 18.0 Å². The van der Waals surface area contributed by atoms with Crippen LogP contribution in [0, 0.1) is 5.92 Å². The first-order valence-electron chi connectivity index (χ1n) is 7.12. The Balaban J connectivity index is 2.67. The molecular weight excluding hydrogens is 266 g/mol. The summed E-state index contributed by atoms with van der Waals surface area (Å²) in [6, 6.07) is 7.06. The number of aliphatic carboxylic acids is 1. The van der Waals surface area contributed by atoms with Crippen molar-refractivity contribution in [2.45, 2.75) is 39.7 Å². The normalized spacial score (nSPS) is 12.9. The topological polar surface area (TPSA) is 66.4 Å². The van der Waals surface area contributed by atoms with E-state index in [4.69, 9.17) is 5.11 Å². The van der Waals surface area contributed by atoms with E-state index in [1.807, 2.05) is 24.3 Å². The van der Waals surface area contributed by atoms with E-state index in [1.165, 1.54) is 11.6 Å². The van der Waals surface area contributed by atoms with Gasteiger partial charge in [0.05, 0.1) is 0 Å². The van der Waals surface area contributed by atoms with Crippen LogP contribution in [0.5, 0.6) is 0 Å². The van der Waals surface area contributed by atoms with Gasteiger partial charge in [0.25, 0.3) is 0 Å². The summed E-state index contributed by atoms with van der Waals surface area (Å²) in [7, 11) is 0. The number of carbonyl (C=O) groups is 2. The summed E-state index contributed by atoms with van der Waals surface area (Å²) in [5.41, 5.74) is 2.15. The minimum absolute atomic E-state index is 0.162. The van der Waals surface area contributed by atoms with Gasteiger partial charge in [-0.1, -0.05) is 52.0 Å². The summed E-state index contributed by atoms with van der Waals surface area (Å²) < 4.78 is 0. The van der Waals surface area contributed by atoms with Gasteiger partial charge in [-0.15, -0.1) is 0 Å². The van der Waals surface area contributed by atoms with Gasteiger partial charge in [-0.2, -0.15) is 0 Å². The minimum atomic E-state index is -1.02. The zero-order chi connectivity index (χ0) is 16.0. The van der Waals surface area contributed by atoms with E-state index in [2.05, 4.69) is 19.2 Å². The van der Waals surface area contributed by atoms with Crippen LogP contribution in [0.4, 0.5) is 0 Å². The highest BCUT2D eigenvalue weighted by atomic mass is 16.4. The number of amides is 1. The molecule has 1 rings (SSSR count). The molecule has 1 amide bonds. The van der Waals surface area contributed by atoms with Gasteiger partial charge >= 0.3 is 5.97 Å². The Morgan fingerprint density at radius 2 is 1.67 bits per heavy atom. The number of hydrogen-bond donors (Lipinski definition) is 2. The Bertz CT molecular complexity index is 515. The zero-order valence-electron chi connectivity index (χ0n) is 13.0. The van der Waals surface area contributed by atoms with Gasteiger partial charge in [-0.3, -0.25) is 4.79 Å². The van der Waals surface area contributed by atoms with Crippen molar-refractivity contribution in [1.29, 1.82) is 0 Å². The van der Waals surface area contributed by atoms with E-state index in [9.17, 15) is 9.59 Å². The Hall–Kier alpha value is -2.10. The lowest BCUT2D eigenvalue weighted by Crippen LogP contribution is -2.43. The number of carbonyl (C=O) groups excluding carboxylic acids is 1. The average Bonchev–Trinajstić information content (AvgIpc) is 2.42. The van der Waals surface area contributed by atoms with E-state index in [1.54, 1.807) is 19.9 Å². The number of carboxylic acid groups (broad SMARTS) is 1. The van der Waals surface area contributed by atoms with Crippen LogP contribution in [-0.2, 0) is 9.59 Å². The molecule has 1 aromatic carbocycles. The largest absolute Gasteiger partial charge is 0.480 e. The lowest BCUT2D eigenvalue weighted by atomic mass is 10.0. The first-order valence-corrected chi connectivity index (χ1v) is 7.12. The molecule has 0 saturated heterocycles. The predicted octanol–water partition coefficient (Wildman–Crippen LogP) is 3.05. The first kappa shape index (κ1) is 17.0. The highest BCUT2D eigenvalue weighted by Crippen LogP contribution is 2.15. The first-order chi connectivity index (χ1) is 9.81. The summed E-state index contributed by atoms with van der Waals surface area (Å²) in [5.74, 6) is -1.11. The summed E-state index contributed by atoms with van der Waals surface area (Å²) in [6.45, 7) is 7.76. The van der Waals surface area contributed by atoms with E-state index in [0.29, 0.717) is 5.92 Å². The third-order valence-corrected chi connectivity index (χ3v) is 3.26. The standard InChI is InChI=1S/C17H23NO3/c1-11(2)14-8-5-13(6-9-14)7-10-15(19)18-16(12(3)4)17(20)21/h5-12,16H,1-4H3,(H,18,19)(H,20,21)/b10-7+/t16-/m1/s1. The van der Waals surface area contributed by atoms with Crippen LogP contribution in [-0.4, -0.2) is 23.0 Å². The van der Waals surface area contributed by atoms with Gasteiger partial charge in [0.1, 0.15) is 6.04 Å². The quantitative estimate of drug-likeness (QED) is 0.791. The van der Waals surface area contributed by atoms with Crippen molar-refractivity contribution in [3.63, 3.8) is 0 Å². The van der Waals surface area contributed by atoms with Gasteiger partial charge in [-0.05, 0) is 29.0 Å². The number of carboxylic acids is 1. The molecule has 21 heavy (non-hydrogen) atoms. The molecule has 114 valence electrons. The van der Waals surface area contributed by atoms with Crippen molar-refractivity contribution in [3.8, 4) is 0 Å². The van der Waals surface area contributed by atoms with Crippen molar-refractivity contribution in [2.24, 2.45) is 5.92 Å². The number of rotatable bonds is 6. The van der Waals surface area contributed by atoms with Crippen LogP contribution in [0.3, 0.4) is 0 Å². The van der Waals surface area contributed by atoms with E-state index in [-0.39, 0.29) is 5.92 Å². The molecule has 0 fully saturated rings. The molecule has 0 aliphatic heterocycles. The molecule has 1 atom stereocenters. The van der Waals surface area contributed by atoms with Crippen LogP contribution >= 0.6 is 0 Å². The van der Waals surface area contributed by atoms with E-state index in [0.717, 1.165) is 5.56 Å². The second-order valence-electron chi connectivity index (χ2n) is 5.72.